The summed E-state index contributed by atoms with van der Waals surface area (Å²) < 4.78 is 17.0. The molecule has 0 bridgehead atoms. The van der Waals surface area contributed by atoms with Crippen LogP contribution in [-0.4, -0.2) is 23.5 Å². The van der Waals surface area contributed by atoms with E-state index in [1.54, 1.807) is 29.5 Å². The Morgan fingerprint density at radius 1 is 1.21 bits per heavy atom. The van der Waals surface area contributed by atoms with Crippen LogP contribution in [-0.2, 0) is 10.5 Å². The second-order valence-electron chi connectivity index (χ2n) is 5.06. The molecule has 0 saturated carbocycles. The molecule has 3 aromatic rings. The summed E-state index contributed by atoms with van der Waals surface area (Å²) in [5, 5.41) is 1.01. The van der Waals surface area contributed by atoms with Crippen LogP contribution in [0.3, 0.4) is 0 Å². The Bertz CT molecular complexity index is 860. The number of benzene rings is 2. The van der Waals surface area contributed by atoms with Crippen LogP contribution in [0.4, 0.5) is 0 Å². The molecule has 0 saturated heterocycles. The summed E-state index contributed by atoms with van der Waals surface area (Å²) in [5.74, 6) is 2.40. The van der Waals surface area contributed by atoms with Crippen LogP contribution in [0.1, 0.15) is 5.01 Å². The van der Waals surface area contributed by atoms with Gasteiger partial charge in [-0.3, -0.25) is 4.79 Å². The summed E-state index contributed by atoms with van der Waals surface area (Å²) in [4.78, 5) is 16.5. The number of carbonyl (C=O) groups excluding carboxylic acids is 1. The van der Waals surface area contributed by atoms with E-state index in [1.807, 2.05) is 18.2 Å². The number of thioether (sulfide) groups is 1. The molecule has 0 radical (unpaired) electrons. The molecule has 4 rings (SSSR count). The number of thiazole rings is 1. The standard InChI is InChI=1S/C17H13NO4S2/c19-17(22-11-5-6-13-14(7-11)21-10-20-13)9-23-8-16-18-12-3-1-2-4-15(12)24-16/h1-7H,8-10H2. The molecular weight excluding hydrogens is 346 g/mol. The summed E-state index contributed by atoms with van der Waals surface area (Å²) in [6.07, 6.45) is 0. The van der Waals surface area contributed by atoms with Gasteiger partial charge in [-0.2, -0.15) is 0 Å². The summed E-state index contributed by atoms with van der Waals surface area (Å²) >= 11 is 3.14. The molecule has 2 heterocycles. The van der Waals surface area contributed by atoms with Crippen molar-refractivity contribution in [2.75, 3.05) is 12.5 Å². The van der Waals surface area contributed by atoms with Crippen molar-refractivity contribution < 1.29 is 19.0 Å². The van der Waals surface area contributed by atoms with Crippen molar-refractivity contribution in [1.29, 1.82) is 0 Å². The number of hydrogen-bond acceptors (Lipinski definition) is 7. The number of esters is 1. The molecule has 0 atom stereocenters. The van der Waals surface area contributed by atoms with Gasteiger partial charge in [0, 0.05) is 11.8 Å². The van der Waals surface area contributed by atoms with E-state index in [2.05, 4.69) is 11.1 Å². The summed E-state index contributed by atoms with van der Waals surface area (Å²) in [6, 6.07) is 13.1. The highest BCUT2D eigenvalue weighted by Crippen LogP contribution is 2.35. The monoisotopic (exact) mass is 359 g/mol. The SMILES string of the molecule is O=C(CSCc1nc2ccccc2s1)Oc1ccc2c(c1)OCO2. The predicted octanol–water partition coefficient (Wildman–Crippen LogP) is 3.86. The van der Waals surface area contributed by atoms with Crippen LogP contribution in [0.25, 0.3) is 10.2 Å². The van der Waals surface area contributed by atoms with Gasteiger partial charge in [-0.15, -0.1) is 23.1 Å². The van der Waals surface area contributed by atoms with Gasteiger partial charge in [-0.25, -0.2) is 4.98 Å². The lowest BCUT2D eigenvalue weighted by atomic mass is 10.3. The second kappa shape index (κ2) is 6.70. The molecule has 0 amide bonds. The van der Waals surface area contributed by atoms with Crippen molar-refractivity contribution in [3.63, 3.8) is 0 Å². The molecule has 0 aliphatic carbocycles. The summed E-state index contributed by atoms with van der Waals surface area (Å²) in [7, 11) is 0. The Morgan fingerprint density at radius 3 is 3.00 bits per heavy atom. The number of fused-ring (bicyclic) bond motifs is 2. The lowest BCUT2D eigenvalue weighted by Crippen LogP contribution is -2.10. The lowest BCUT2D eigenvalue weighted by molar-refractivity contribution is -0.131. The molecule has 7 heteroatoms. The van der Waals surface area contributed by atoms with Gasteiger partial charge in [0.05, 0.1) is 16.0 Å². The van der Waals surface area contributed by atoms with E-state index in [4.69, 9.17) is 14.2 Å². The van der Waals surface area contributed by atoms with Gasteiger partial charge in [-0.1, -0.05) is 12.1 Å². The second-order valence-corrected chi connectivity index (χ2v) is 7.16. The fourth-order valence-electron chi connectivity index (χ4n) is 2.30. The lowest BCUT2D eigenvalue weighted by Gasteiger charge is -2.04. The van der Waals surface area contributed by atoms with Gasteiger partial charge >= 0.3 is 5.97 Å². The molecule has 122 valence electrons. The van der Waals surface area contributed by atoms with Gasteiger partial charge in [0.1, 0.15) is 10.8 Å². The average molecular weight is 359 g/mol. The highest BCUT2D eigenvalue weighted by molar-refractivity contribution is 7.99. The summed E-state index contributed by atoms with van der Waals surface area (Å²) in [5.41, 5.74) is 1.00. The molecule has 0 N–H and O–H groups in total. The zero-order valence-corrected chi connectivity index (χ0v) is 14.2. The molecule has 2 aromatic carbocycles. The molecule has 1 aliphatic heterocycles. The number of carbonyl (C=O) groups is 1. The minimum absolute atomic E-state index is 0.199. The van der Waals surface area contributed by atoms with Gasteiger partial charge < -0.3 is 14.2 Å². The van der Waals surface area contributed by atoms with Crippen LogP contribution in [0.15, 0.2) is 42.5 Å². The van der Waals surface area contributed by atoms with Crippen LogP contribution in [0.2, 0.25) is 0 Å². The summed E-state index contributed by atoms with van der Waals surface area (Å²) in [6.45, 7) is 0.199. The zero-order chi connectivity index (χ0) is 16.4. The van der Waals surface area contributed by atoms with E-state index in [0.717, 1.165) is 15.2 Å². The van der Waals surface area contributed by atoms with E-state index in [0.29, 0.717) is 23.0 Å². The normalized spacial score (nSPS) is 12.5. The Kier molecular flexibility index (Phi) is 4.27. The van der Waals surface area contributed by atoms with Gasteiger partial charge in [0.25, 0.3) is 0 Å². The van der Waals surface area contributed by atoms with Crippen molar-refractivity contribution in [2.24, 2.45) is 0 Å². The van der Waals surface area contributed by atoms with Crippen molar-refractivity contribution in [1.82, 2.24) is 4.98 Å². The van der Waals surface area contributed by atoms with Gasteiger partial charge in [0.15, 0.2) is 11.5 Å². The number of para-hydroxylation sites is 1. The molecular formula is C17H13NO4S2. The third kappa shape index (κ3) is 3.32. The first-order valence-corrected chi connectivity index (χ1v) is 9.27. The molecule has 24 heavy (non-hydrogen) atoms. The van der Waals surface area contributed by atoms with E-state index in [1.165, 1.54) is 11.8 Å². The van der Waals surface area contributed by atoms with Crippen molar-refractivity contribution in [2.45, 2.75) is 5.75 Å². The van der Waals surface area contributed by atoms with E-state index in [-0.39, 0.29) is 18.5 Å². The maximum absolute atomic E-state index is 11.9. The first-order valence-electron chi connectivity index (χ1n) is 7.30. The molecule has 5 nitrogen and oxygen atoms in total. The topological polar surface area (TPSA) is 57.7 Å². The molecule has 1 aromatic heterocycles. The Hall–Kier alpha value is -2.25. The van der Waals surface area contributed by atoms with Crippen molar-refractivity contribution >= 4 is 39.3 Å². The van der Waals surface area contributed by atoms with Crippen LogP contribution in [0.5, 0.6) is 17.2 Å². The number of nitrogens with zero attached hydrogens (tertiary/aromatic N) is 1. The number of aromatic nitrogens is 1. The fourth-order valence-corrected chi connectivity index (χ4v) is 4.12. The Balaban J connectivity index is 1.30. The largest absolute Gasteiger partial charge is 0.454 e. The number of hydrogen-bond donors (Lipinski definition) is 0. The molecule has 1 aliphatic rings. The number of ether oxygens (including phenoxy) is 3. The minimum atomic E-state index is -0.292. The van der Waals surface area contributed by atoms with Gasteiger partial charge in [0.2, 0.25) is 6.79 Å². The predicted molar refractivity (Wildman–Crippen MR) is 94.0 cm³/mol. The first kappa shape index (κ1) is 15.3. The molecule has 0 spiro atoms. The Labute approximate surface area is 146 Å². The van der Waals surface area contributed by atoms with Crippen LogP contribution in [0, 0.1) is 0 Å². The first-order chi connectivity index (χ1) is 11.8. The van der Waals surface area contributed by atoms with Crippen molar-refractivity contribution in [3.8, 4) is 17.2 Å². The van der Waals surface area contributed by atoms with Crippen LogP contribution >= 0.6 is 23.1 Å². The maximum atomic E-state index is 11.9. The third-order valence-corrected chi connectivity index (χ3v) is 5.50. The molecule has 0 fully saturated rings. The van der Waals surface area contributed by atoms with Crippen LogP contribution < -0.4 is 14.2 Å². The highest BCUT2D eigenvalue weighted by Gasteiger charge is 2.15. The van der Waals surface area contributed by atoms with E-state index >= 15 is 0 Å². The van der Waals surface area contributed by atoms with E-state index in [9.17, 15) is 4.79 Å². The Morgan fingerprint density at radius 2 is 2.08 bits per heavy atom. The minimum Gasteiger partial charge on any atom is -0.454 e. The number of rotatable bonds is 5. The van der Waals surface area contributed by atoms with Gasteiger partial charge in [-0.05, 0) is 24.3 Å². The average Bonchev–Trinajstić information content (AvgIpc) is 3.20. The van der Waals surface area contributed by atoms with E-state index < -0.39 is 0 Å². The highest BCUT2D eigenvalue weighted by atomic mass is 32.2. The smallest absolute Gasteiger partial charge is 0.321 e. The third-order valence-electron chi connectivity index (χ3n) is 3.36. The van der Waals surface area contributed by atoms with Crippen molar-refractivity contribution in [3.05, 3.63) is 47.5 Å². The fraction of sp³-hybridized carbons (Fsp3) is 0.176. The molecule has 0 unspecified atom stereocenters. The zero-order valence-electron chi connectivity index (χ0n) is 12.6. The maximum Gasteiger partial charge on any atom is 0.321 e. The quantitative estimate of drug-likeness (QED) is 0.509.